The first-order valence-electron chi connectivity index (χ1n) is 8.34. The van der Waals surface area contributed by atoms with Crippen LogP contribution in [-0.2, 0) is 6.42 Å². The van der Waals surface area contributed by atoms with Crippen molar-refractivity contribution in [3.8, 4) is 11.8 Å². The molecule has 0 bridgehead atoms. The zero-order valence-corrected chi connectivity index (χ0v) is 15.0. The van der Waals surface area contributed by atoms with Gasteiger partial charge < -0.3 is 4.74 Å². The molecule has 4 aromatic rings. The summed E-state index contributed by atoms with van der Waals surface area (Å²) in [5, 5.41) is 0.444. The molecule has 0 aliphatic heterocycles. The van der Waals surface area contributed by atoms with E-state index < -0.39 is 0 Å². The molecule has 2 aromatic carbocycles. The monoisotopic (exact) mass is 364 g/mol. The van der Waals surface area contributed by atoms with Crippen LogP contribution in [0.2, 0.25) is 5.02 Å². The van der Waals surface area contributed by atoms with Crippen molar-refractivity contribution in [2.45, 2.75) is 13.3 Å². The Bertz CT molecular complexity index is 1060. The Morgan fingerprint density at radius 1 is 1.08 bits per heavy atom. The van der Waals surface area contributed by atoms with Crippen LogP contribution in [0.5, 0.6) is 6.01 Å². The van der Waals surface area contributed by atoms with Crippen molar-refractivity contribution < 1.29 is 4.74 Å². The van der Waals surface area contributed by atoms with Gasteiger partial charge >= 0.3 is 6.01 Å². The van der Waals surface area contributed by atoms with Crippen molar-refractivity contribution in [3.63, 3.8) is 0 Å². The second-order valence-electron chi connectivity index (χ2n) is 6.01. The summed E-state index contributed by atoms with van der Waals surface area (Å²) < 4.78 is 7.58. The molecular weight excluding hydrogens is 348 g/mol. The Morgan fingerprint density at radius 3 is 2.85 bits per heavy atom. The zero-order chi connectivity index (χ0) is 17.9. The second-order valence-corrected chi connectivity index (χ2v) is 6.42. The van der Waals surface area contributed by atoms with E-state index in [0.29, 0.717) is 23.5 Å². The molecule has 0 spiro atoms. The van der Waals surface area contributed by atoms with Crippen LogP contribution in [0.1, 0.15) is 11.1 Å². The lowest BCUT2D eigenvalue weighted by Gasteiger charge is -2.09. The lowest BCUT2D eigenvalue weighted by atomic mass is 10.1. The van der Waals surface area contributed by atoms with Gasteiger partial charge in [0.2, 0.25) is 0 Å². The molecule has 2 aromatic heterocycles. The first-order chi connectivity index (χ1) is 12.7. The molecule has 5 nitrogen and oxygen atoms in total. The lowest BCUT2D eigenvalue weighted by molar-refractivity contribution is 0.296. The summed E-state index contributed by atoms with van der Waals surface area (Å²) >= 11 is 6.31. The molecule has 0 fully saturated rings. The van der Waals surface area contributed by atoms with Gasteiger partial charge in [0.25, 0.3) is 0 Å². The molecule has 0 atom stereocenters. The van der Waals surface area contributed by atoms with Crippen molar-refractivity contribution in [2.75, 3.05) is 6.61 Å². The molecule has 0 saturated carbocycles. The second kappa shape index (κ2) is 7.14. The Morgan fingerprint density at radius 2 is 1.96 bits per heavy atom. The summed E-state index contributed by atoms with van der Waals surface area (Å²) in [6.07, 6.45) is 4.05. The maximum atomic E-state index is 6.31. The molecule has 0 aliphatic rings. The van der Waals surface area contributed by atoms with Gasteiger partial charge in [-0.2, -0.15) is 4.98 Å². The Labute approximate surface area is 156 Å². The third kappa shape index (κ3) is 3.39. The molecule has 26 heavy (non-hydrogen) atoms. The highest BCUT2D eigenvalue weighted by atomic mass is 35.5. The average molecular weight is 365 g/mol. The van der Waals surface area contributed by atoms with Gasteiger partial charge in [0, 0.05) is 6.42 Å². The summed E-state index contributed by atoms with van der Waals surface area (Å²) in [5.74, 6) is 0.556. The SMILES string of the molecule is Cc1cccc(CCOc2ncc(Cl)c(-n3cnc4ccccc43)n2)c1. The molecule has 0 N–H and O–H groups in total. The van der Waals surface area contributed by atoms with Gasteiger partial charge in [0.05, 0.1) is 23.8 Å². The molecule has 4 rings (SSSR count). The van der Waals surface area contributed by atoms with Crippen molar-refractivity contribution in [3.05, 3.63) is 77.2 Å². The van der Waals surface area contributed by atoms with Crippen molar-refractivity contribution in [1.29, 1.82) is 0 Å². The number of rotatable bonds is 5. The number of ether oxygens (including phenoxy) is 1. The van der Waals surface area contributed by atoms with E-state index in [2.05, 4.69) is 40.1 Å². The summed E-state index contributed by atoms with van der Waals surface area (Å²) in [6, 6.07) is 16.5. The van der Waals surface area contributed by atoms with Gasteiger partial charge in [-0.3, -0.25) is 4.57 Å². The summed E-state index contributed by atoms with van der Waals surface area (Å²) in [5.41, 5.74) is 4.27. The fourth-order valence-electron chi connectivity index (χ4n) is 2.84. The third-order valence-corrected chi connectivity index (χ3v) is 4.36. The highest BCUT2D eigenvalue weighted by molar-refractivity contribution is 6.32. The molecule has 0 aliphatic carbocycles. The quantitative estimate of drug-likeness (QED) is 0.526. The number of aryl methyl sites for hydroxylation is 1. The molecule has 0 radical (unpaired) electrons. The van der Waals surface area contributed by atoms with Crippen LogP contribution >= 0.6 is 11.6 Å². The molecule has 130 valence electrons. The van der Waals surface area contributed by atoms with Gasteiger partial charge in [-0.25, -0.2) is 9.97 Å². The average Bonchev–Trinajstić information content (AvgIpc) is 3.07. The highest BCUT2D eigenvalue weighted by Gasteiger charge is 2.12. The number of aromatic nitrogens is 4. The first-order valence-corrected chi connectivity index (χ1v) is 8.72. The van der Waals surface area contributed by atoms with E-state index in [4.69, 9.17) is 16.3 Å². The van der Waals surface area contributed by atoms with E-state index in [0.717, 1.165) is 17.5 Å². The number of hydrogen-bond donors (Lipinski definition) is 0. The predicted molar refractivity (Wildman–Crippen MR) is 102 cm³/mol. The maximum Gasteiger partial charge on any atom is 0.318 e. The maximum absolute atomic E-state index is 6.31. The van der Waals surface area contributed by atoms with E-state index in [1.807, 2.05) is 34.9 Å². The van der Waals surface area contributed by atoms with E-state index in [-0.39, 0.29) is 0 Å². The Balaban J connectivity index is 1.55. The van der Waals surface area contributed by atoms with Crippen molar-refractivity contribution in [2.24, 2.45) is 0 Å². The minimum Gasteiger partial charge on any atom is -0.463 e. The largest absolute Gasteiger partial charge is 0.463 e. The van der Waals surface area contributed by atoms with Gasteiger partial charge in [-0.1, -0.05) is 53.6 Å². The smallest absolute Gasteiger partial charge is 0.318 e. The molecule has 2 heterocycles. The summed E-state index contributed by atoms with van der Waals surface area (Å²) in [6.45, 7) is 2.57. The lowest BCUT2D eigenvalue weighted by Crippen LogP contribution is -2.07. The van der Waals surface area contributed by atoms with E-state index in [1.54, 1.807) is 12.5 Å². The van der Waals surface area contributed by atoms with Crippen LogP contribution in [0, 0.1) is 6.92 Å². The van der Waals surface area contributed by atoms with Crippen molar-refractivity contribution >= 4 is 22.6 Å². The van der Waals surface area contributed by atoms with Gasteiger partial charge in [-0.05, 0) is 24.6 Å². The van der Waals surface area contributed by atoms with E-state index in [9.17, 15) is 0 Å². The number of halogens is 1. The van der Waals surface area contributed by atoms with Crippen molar-refractivity contribution in [1.82, 2.24) is 19.5 Å². The van der Waals surface area contributed by atoms with Gasteiger partial charge in [0.1, 0.15) is 11.3 Å². The Kier molecular flexibility index (Phi) is 4.54. The van der Waals surface area contributed by atoms with Crippen LogP contribution in [0.3, 0.4) is 0 Å². The fourth-order valence-corrected chi connectivity index (χ4v) is 3.02. The van der Waals surface area contributed by atoms with Crippen LogP contribution < -0.4 is 4.74 Å². The molecule has 0 unspecified atom stereocenters. The molecule has 0 saturated heterocycles. The normalized spacial score (nSPS) is 11.0. The summed E-state index contributed by atoms with van der Waals surface area (Å²) in [4.78, 5) is 13.0. The fraction of sp³-hybridized carbons (Fsp3) is 0.150. The Hall–Kier alpha value is -2.92. The topological polar surface area (TPSA) is 52.8 Å². The number of para-hydroxylation sites is 2. The van der Waals surface area contributed by atoms with Gasteiger partial charge in [-0.15, -0.1) is 0 Å². The third-order valence-electron chi connectivity index (χ3n) is 4.09. The number of nitrogens with zero attached hydrogens (tertiary/aromatic N) is 4. The number of benzene rings is 2. The van der Waals surface area contributed by atoms with Crippen LogP contribution in [0.4, 0.5) is 0 Å². The predicted octanol–water partition coefficient (Wildman–Crippen LogP) is 4.40. The minimum atomic E-state index is 0.301. The number of imidazole rings is 1. The van der Waals surface area contributed by atoms with E-state index in [1.165, 1.54) is 11.1 Å². The standard InChI is InChI=1S/C20H17ClN4O/c1-14-5-4-6-15(11-14)9-10-26-20-22-12-16(21)19(24-20)25-13-23-17-7-2-3-8-18(17)25/h2-8,11-13H,9-10H2,1H3. The minimum absolute atomic E-state index is 0.301. The molecular formula is C20H17ClN4O. The zero-order valence-electron chi connectivity index (χ0n) is 14.3. The van der Waals surface area contributed by atoms with Crippen LogP contribution in [0.15, 0.2) is 61.1 Å². The molecule has 0 amide bonds. The van der Waals surface area contributed by atoms with E-state index >= 15 is 0 Å². The van der Waals surface area contributed by atoms with Crippen LogP contribution in [0.25, 0.3) is 16.9 Å². The molecule has 6 heteroatoms. The van der Waals surface area contributed by atoms with Crippen LogP contribution in [-0.4, -0.2) is 26.1 Å². The first kappa shape index (κ1) is 16.5. The number of fused-ring (bicyclic) bond motifs is 1. The number of hydrogen-bond acceptors (Lipinski definition) is 4. The highest BCUT2D eigenvalue weighted by Crippen LogP contribution is 2.23. The van der Waals surface area contributed by atoms with Gasteiger partial charge in [0.15, 0.2) is 5.82 Å². The summed E-state index contributed by atoms with van der Waals surface area (Å²) in [7, 11) is 0.